The Balaban J connectivity index is 1.34. The molecule has 0 aliphatic carbocycles. The molecule has 0 bridgehead atoms. The molecule has 0 aliphatic heterocycles. The maximum absolute atomic E-state index is 12.4. The Bertz CT molecular complexity index is 1160. The lowest BCUT2D eigenvalue weighted by Crippen LogP contribution is -2.10. The highest BCUT2D eigenvalue weighted by Crippen LogP contribution is 2.32. The first-order chi connectivity index (χ1) is 14.6. The van der Waals surface area contributed by atoms with Crippen LogP contribution < -0.4 is 10.1 Å². The van der Waals surface area contributed by atoms with Crippen LogP contribution in [0.4, 0.5) is 5.69 Å². The molecule has 1 amide bonds. The molecular weight excluding hydrogens is 425 g/mol. The Kier molecular flexibility index (Phi) is 6.07. The Morgan fingerprint density at radius 1 is 1.07 bits per heavy atom. The van der Waals surface area contributed by atoms with E-state index in [0.29, 0.717) is 33.8 Å². The van der Waals surface area contributed by atoms with Gasteiger partial charge >= 0.3 is 0 Å². The smallest absolute Gasteiger partial charge is 0.291 e. The maximum Gasteiger partial charge on any atom is 0.291 e. The van der Waals surface area contributed by atoms with E-state index in [2.05, 4.69) is 10.4 Å². The summed E-state index contributed by atoms with van der Waals surface area (Å²) in [7, 11) is 0. The van der Waals surface area contributed by atoms with Gasteiger partial charge in [-0.3, -0.25) is 9.48 Å². The van der Waals surface area contributed by atoms with E-state index in [4.69, 9.17) is 32.4 Å². The lowest BCUT2D eigenvalue weighted by Gasteiger charge is -2.07. The first-order valence-electron chi connectivity index (χ1n) is 9.12. The highest BCUT2D eigenvalue weighted by Gasteiger charge is 2.14. The molecule has 0 saturated heterocycles. The van der Waals surface area contributed by atoms with Crippen LogP contribution in [-0.4, -0.2) is 15.7 Å². The minimum absolute atomic E-state index is 0.113. The van der Waals surface area contributed by atoms with Gasteiger partial charge in [-0.05, 0) is 29.8 Å². The van der Waals surface area contributed by atoms with Gasteiger partial charge in [0.2, 0.25) is 0 Å². The summed E-state index contributed by atoms with van der Waals surface area (Å²) >= 11 is 12.1. The van der Waals surface area contributed by atoms with E-state index in [1.807, 2.05) is 30.3 Å². The Labute approximate surface area is 183 Å². The summed E-state index contributed by atoms with van der Waals surface area (Å²) in [5.41, 5.74) is 1.70. The molecule has 0 unspecified atom stereocenters. The second-order valence-electron chi connectivity index (χ2n) is 6.47. The summed E-state index contributed by atoms with van der Waals surface area (Å²) in [5, 5.41) is 7.78. The zero-order valence-electron chi connectivity index (χ0n) is 15.7. The molecule has 0 aliphatic rings. The third kappa shape index (κ3) is 4.84. The van der Waals surface area contributed by atoms with Gasteiger partial charge in [0.15, 0.2) is 5.76 Å². The highest BCUT2D eigenvalue weighted by molar-refractivity contribution is 6.42. The number of carbonyl (C=O) groups is 1. The summed E-state index contributed by atoms with van der Waals surface area (Å²) in [6, 6.07) is 18.3. The molecule has 0 spiro atoms. The summed E-state index contributed by atoms with van der Waals surface area (Å²) in [4.78, 5) is 12.4. The van der Waals surface area contributed by atoms with E-state index >= 15 is 0 Å². The van der Waals surface area contributed by atoms with E-state index in [9.17, 15) is 4.79 Å². The van der Waals surface area contributed by atoms with Crippen LogP contribution in [0.3, 0.4) is 0 Å². The lowest BCUT2D eigenvalue weighted by molar-refractivity contribution is 0.0992. The third-order valence-electron chi connectivity index (χ3n) is 4.25. The number of halogens is 2. The van der Waals surface area contributed by atoms with Crippen LogP contribution >= 0.6 is 23.2 Å². The minimum Gasteiger partial charge on any atom is -0.484 e. The van der Waals surface area contributed by atoms with Crippen molar-refractivity contribution in [2.75, 3.05) is 5.32 Å². The van der Waals surface area contributed by atoms with E-state index < -0.39 is 0 Å². The quantitative estimate of drug-likeness (QED) is 0.401. The first kappa shape index (κ1) is 20.1. The molecule has 1 N–H and O–H groups in total. The zero-order chi connectivity index (χ0) is 20.9. The second-order valence-corrected chi connectivity index (χ2v) is 7.26. The molecule has 0 saturated carbocycles. The molecule has 0 fully saturated rings. The second kappa shape index (κ2) is 9.07. The average Bonchev–Trinajstić information content (AvgIpc) is 3.39. The van der Waals surface area contributed by atoms with Gasteiger partial charge in [0.25, 0.3) is 5.91 Å². The van der Waals surface area contributed by atoms with E-state index in [0.717, 1.165) is 5.56 Å². The number of anilines is 1. The van der Waals surface area contributed by atoms with E-state index in [1.54, 1.807) is 47.4 Å². The van der Waals surface area contributed by atoms with Crippen LogP contribution in [0.2, 0.25) is 10.0 Å². The van der Waals surface area contributed by atoms with Gasteiger partial charge in [-0.15, -0.1) is 0 Å². The van der Waals surface area contributed by atoms with Crippen molar-refractivity contribution in [1.29, 1.82) is 0 Å². The fourth-order valence-corrected chi connectivity index (χ4v) is 3.15. The Hall–Kier alpha value is -3.22. The number of hydrogen-bond donors (Lipinski definition) is 1. The largest absolute Gasteiger partial charge is 0.484 e. The van der Waals surface area contributed by atoms with Gasteiger partial charge in [-0.25, -0.2) is 0 Å². The molecule has 4 aromatic rings. The molecule has 30 heavy (non-hydrogen) atoms. The summed E-state index contributed by atoms with van der Waals surface area (Å²) in [5.74, 6) is 0.719. The molecule has 2 heterocycles. The molecule has 8 heteroatoms. The number of carbonyl (C=O) groups excluding carboxylic acids is 1. The molecule has 152 valence electrons. The maximum atomic E-state index is 12.4. The van der Waals surface area contributed by atoms with Crippen LogP contribution in [0.1, 0.15) is 21.9 Å². The van der Waals surface area contributed by atoms with E-state index in [-0.39, 0.29) is 18.3 Å². The SMILES string of the molecule is O=C(Nc1cnn(Cc2ccccc2)c1)c1ccc(COc2cccc(Cl)c2Cl)o1. The minimum atomic E-state index is -0.374. The van der Waals surface area contributed by atoms with Crippen molar-refractivity contribution in [3.8, 4) is 5.75 Å². The van der Waals surface area contributed by atoms with Crippen molar-refractivity contribution in [2.24, 2.45) is 0 Å². The molecule has 6 nitrogen and oxygen atoms in total. The first-order valence-corrected chi connectivity index (χ1v) is 9.87. The van der Waals surface area contributed by atoms with Gasteiger partial charge in [-0.2, -0.15) is 5.10 Å². The Morgan fingerprint density at radius 3 is 2.73 bits per heavy atom. The zero-order valence-corrected chi connectivity index (χ0v) is 17.2. The van der Waals surface area contributed by atoms with Crippen LogP contribution in [0.25, 0.3) is 0 Å². The summed E-state index contributed by atoms with van der Waals surface area (Å²) in [6.45, 7) is 0.730. The van der Waals surface area contributed by atoms with Gasteiger partial charge < -0.3 is 14.5 Å². The molecule has 2 aromatic carbocycles. The van der Waals surface area contributed by atoms with Gasteiger partial charge in [0.05, 0.1) is 23.5 Å². The van der Waals surface area contributed by atoms with Crippen molar-refractivity contribution < 1.29 is 13.9 Å². The van der Waals surface area contributed by atoms with Crippen LogP contribution in [-0.2, 0) is 13.2 Å². The molecule has 4 rings (SSSR count). The molecular formula is C22H17Cl2N3O3. The van der Waals surface area contributed by atoms with Crippen molar-refractivity contribution in [3.63, 3.8) is 0 Å². The standard InChI is InChI=1S/C22H17Cl2N3O3/c23-18-7-4-8-19(21(18)24)29-14-17-9-10-20(30-17)22(28)26-16-11-25-27(13-16)12-15-5-2-1-3-6-15/h1-11,13H,12,14H2,(H,26,28). The van der Waals surface area contributed by atoms with E-state index in [1.165, 1.54) is 0 Å². The van der Waals surface area contributed by atoms with Gasteiger partial charge in [-0.1, -0.05) is 59.6 Å². The molecule has 0 atom stereocenters. The number of benzene rings is 2. The van der Waals surface area contributed by atoms with Crippen molar-refractivity contribution in [2.45, 2.75) is 13.2 Å². The Morgan fingerprint density at radius 2 is 1.90 bits per heavy atom. The number of hydrogen-bond acceptors (Lipinski definition) is 4. The van der Waals surface area contributed by atoms with Crippen molar-refractivity contribution in [1.82, 2.24) is 9.78 Å². The number of rotatable bonds is 7. The van der Waals surface area contributed by atoms with Crippen LogP contribution in [0, 0.1) is 0 Å². The van der Waals surface area contributed by atoms with Crippen LogP contribution in [0.5, 0.6) is 5.75 Å². The topological polar surface area (TPSA) is 69.3 Å². The summed E-state index contributed by atoms with van der Waals surface area (Å²) < 4.78 is 12.9. The number of nitrogens with one attached hydrogen (secondary N) is 1. The van der Waals surface area contributed by atoms with Crippen LogP contribution in [0.15, 0.2) is 77.5 Å². The lowest BCUT2D eigenvalue weighted by atomic mass is 10.2. The predicted molar refractivity (Wildman–Crippen MR) is 115 cm³/mol. The van der Waals surface area contributed by atoms with Gasteiger partial charge in [0, 0.05) is 6.20 Å². The predicted octanol–water partition coefficient (Wildman–Crippen LogP) is 5.66. The fourth-order valence-electron chi connectivity index (χ4n) is 2.80. The summed E-state index contributed by atoms with van der Waals surface area (Å²) in [6.07, 6.45) is 3.36. The highest BCUT2D eigenvalue weighted by atomic mass is 35.5. The van der Waals surface area contributed by atoms with Crippen molar-refractivity contribution in [3.05, 3.63) is 100 Å². The number of furan rings is 1. The third-order valence-corrected chi connectivity index (χ3v) is 5.05. The number of amides is 1. The number of aromatic nitrogens is 2. The molecule has 0 radical (unpaired) electrons. The molecule has 2 aromatic heterocycles. The fraction of sp³-hybridized carbons (Fsp3) is 0.0909. The van der Waals surface area contributed by atoms with Crippen molar-refractivity contribution >= 4 is 34.8 Å². The monoisotopic (exact) mass is 441 g/mol. The number of ether oxygens (including phenoxy) is 1. The normalized spacial score (nSPS) is 10.7. The number of nitrogens with zero attached hydrogens (tertiary/aromatic N) is 2. The average molecular weight is 442 g/mol. The van der Waals surface area contributed by atoms with Gasteiger partial charge in [0.1, 0.15) is 23.1 Å².